The Morgan fingerprint density at radius 2 is 1.71 bits per heavy atom. The number of nitrogens with zero attached hydrogens (tertiary/aromatic N) is 1. The van der Waals surface area contributed by atoms with Gasteiger partial charge in [0.05, 0.1) is 11.8 Å². The maximum Gasteiger partial charge on any atom is 0.407 e. The van der Waals surface area contributed by atoms with Gasteiger partial charge in [0.2, 0.25) is 5.91 Å². The second kappa shape index (κ2) is 10.5. The number of carboxylic acids is 1. The summed E-state index contributed by atoms with van der Waals surface area (Å²) < 4.78 is 5.59. The molecule has 1 fully saturated rings. The predicted octanol–water partition coefficient (Wildman–Crippen LogP) is 4.17. The molecule has 2 aliphatic rings. The number of carbonyl (C=O) groups excluding carboxylic acids is 2. The number of benzene rings is 2. The highest BCUT2D eigenvalue weighted by Crippen LogP contribution is 2.44. The van der Waals surface area contributed by atoms with Gasteiger partial charge in [0.1, 0.15) is 12.6 Å². The molecule has 0 bridgehead atoms. The third kappa shape index (κ3) is 5.06. The fourth-order valence-electron chi connectivity index (χ4n) is 4.80. The molecule has 7 nitrogen and oxygen atoms in total. The fraction of sp³-hybridized carbons (Fsp3) is 0.423. The minimum absolute atomic E-state index is 0.0378. The molecule has 0 spiro atoms. The highest BCUT2D eigenvalue weighted by atomic mass is 32.2. The van der Waals surface area contributed by atoms with Gasteiger partial charge >= 0.3 is 12.1 Å². The highest BCUT2D eigenvalue weighted by Gasteiger charge is 2.38. The van der Waals surface area contributed by atoms with Crippen LogP contribution >= 0.6 is 11.8 Å². The minimum Gasteiger partial charge on any atom is -0.480 e. The molecule has 180 valence electrons. The maximum absolute atomic E-state index is 13.1. The summed E-state index contributed by atoms with van der Waals surface area (Å²) in [6.45, 7) is 4.32. The van der Waals surface area contributed by atoms with E-state index in [1.165, 1.54) is 16.7 Å². The number of hydrogen-bond acceptors (Lipinski definition) is 5. The molecule has 1 unspecified atom stereocenters. The summed E-state index contributed by atoms with van der Waals surface area (Å²) in [5.74, 6) is -0.803. The molecule has 1 aliphatic heterocycles. The number of hydrogen-bond donors (Lipinski definition) is 2. The van der Waals surface area contributed by atoms with Gasteiger partial charge in [-0.15, -0.1) is 11.8 Å². The van der Waals surface area contributed by atoms with E-state index in [1.807, 2.05) is 38.1 Å². The number of alkyl carbamates (subject to hydrolysis) is 1. The first-order valence-electron chi connectivity index (χ1n) is 11.6. The number of ether oxygens (including phenoxy) is 1. The fourth-order valence-corrected chi connectivity index (χ4v) is 5.95. The molecule has 0 aromatic heterocycles. The molecule has 2 atom stereocenters. The molecule has 0 saturated carbocycles. The molecule has 2 aromatic carbocycles. The average molecular weight is 483 g/mol. The summed E-state index contributed by atoms with van der Waals surface area (Å²) in [5, 5.41) is 12.2. The number of amides is 2. The van der Waals surface area contributed by atoms with Crippen molar-refractivity contribution in [2.45, 2.75) is 32.2 Å². The van der Waals surface area contributed by atoms with Gasteiger partial charge in [0.15, 0.2) is 0 Å². The van der Waals surface area contributed by atoms with Crippen LogP contribution in [0.25, 0.3) is 11.1 Å². The first-order chi connectivity index (χ1) is 16.4. The molecule has 4 rings (SSSR count). The average Bonchev–Trinajstić information content (AvgIpc) is 3.43. The molecule has 1 aliphatic carbocycles. The summed E-state index contributed by atoms with van der Waals surface area (Å²) in [6.07, 6.45) is -0.0234. The lowest BCUT2D eigenvalue weighted by Crippen LogP contribution is -2.47. The van der Waals surface area contributed by atoms with E-state index in [0.717, 1.165) is 22.3 Å². The second-order valence-corrected chi connectivity index (χ2v) is 10.2. The predicted molar refractivity (Wildman–Crippen MR) is 132 cm³/mol. The molecular formula is C26H30N2O5S. The molecule has 8 heteroatoms. The Bertz CT molecular complexity index is 1030. The third-order valence-corrected chi connectivity index (χ3v) is 7.40. The lowest BCUT2D eigenvalue weighted by molar-refractivity contribution is -0.149. The topological polar surface area (TPSA) is 95.9 Å². The molecule has 2 amide bonds. The van der Waals surface area contributed by atoms with Gasteiger partial charge in [-0.3, -0.25) is 4.79 Å². The van der Waals surface area contributed by atoms with Gasteiger partial charge in [0, 0.05) is 18.2 Å². The van der Waals surface area contributed by atoms with E-state index in [9.17, 15) is 19.5 Å². The Kier molecular flexibility index (Phi) is 7.46. The van der Waals surface area contributed by atoms with Crippen molar-refractivity contribution in [3.05, 3.63) is 59.7 Å². The molecule has 34 heavy (non-hydrogen) atoms. The van der Waals surface area contributed by atoms with Crippen molar-refractivity contribution < 1.29 is 24.2 Å². The molecule has 0 radical (unpaired) electrons. The lowest BCUT2D eigenvalue weighted by atomic mass is 9.95. The van der Waals surface area contributed by atoms with Gasteiger partial charge in [-0.25, -0.2) is 9.59 Å². The van der Waals surface area contributed by atoms with Crippen LogP contribution in [0.3, 0.4) is 0 Å². The molecule has 1 heterocycles. The normalized spacial score (nSPS) is 17.9. The third-order valence-electron chi connectivity index (χ3n) is 6.39. The van der Waals surface area contributed by atoms with Gasteiger partial charge in [0.25, 0.3) is 0 Å². The zero-order chi connectivity index (χ0) is 24.2. The van der Waals surface area contributed by atoms with Crippen molar-refractivity contribution >= 4 is 29.7 Å². The zero-order valence-electron chi connectivity index (χ0n) is 19.4. The van der Waals surface area contributed by atoms with Crippen LogP contribution in [-0.2, 0) is 14.3 Å². The Labute approximate surface area is 203 Å². The van der Waals surface area contributed by atoms with Crippen molar-refractivity contribution in [3.63, 3.8) is 0 Å². The Morgan fingerprint density at radius 1 is 1.09 bits per heavy atom. The Hall–Kier alpha value is -3.00. The number of fused-ring (bicyclic) bond motifs is 3. The number of carbonyl (C=O) groups is 3. The number of carboxylic acid groups (broad SMARTS) is 1. The number of rotatable bonds is 8. The molecule has 1 saturated heterocycles. The van der Waals surface area contributed by atoms with Crippen LogP contribution in [0.5, 0.6) is 0 Å². The van der Waals surface area contributed by atoms with Gasteiger partial charge < -0.3 is 20.1 Å². The van der Waals surface area contributed by atoms with Crippen molar-refractivity contribution in [2.24, 2.45) is 11.8 Å². The van der Waals surface area contributed by atoms with E-state index in [-0.39, 0.29) is 30.9 Å². The van der Waals surface area contributed by atoms with Crippen molar-refractivity contribution in [2.75, 3.05) is 24.8 Å². The van der Waals surface area contributed by atoms with Crippen molar-refractivity contribution in [1.82, 2.24) is 10.2 Å². The van der Waals surface area contributed by atoms with Crippen LogP contribution in [0.15, 0.2) is 48.5 Å². The summed E-state index contributed by atoms with van der Waals surface area (Å²) in [6, 6.07) is 15.5. The van der Waals surface area contributed by atoms with E-state index in [4.69, 9.17) is 4.74 Å². The summed E-state index contributed by atoms with van der Waals surface area (Å²) in [5.41, 5.74) is 4.59. The van der Waals surface area contributed by atoms with E-state index in [2.05, 4.69) is 29.6 Å². The van der Waals surface area contributed by atoms with Crippen LogP contribution in [-0.4, -0.2) is 58.8 Å². The van der Waals surface area contributed by atoms with Crippen LogP contribution in [0.1, 0.15) is 37.3 Å². The largest absolute Gasteiger partial charge is 0.480 e. The summed E-state index contributed by atoms with van der Waals surface area (Å²) >= 11 is 1.43. The Morgan fingerprint density at radius 3 is 2.29 bits per heavy atom. The monoisotopic (exact) mass is 482 g/mol. The first-order valence-corrected chi connectivity index (χ1v) is 12.7. The highest BCUT2D eigenvalue weighted by molar-refractivity contribution is 7.99. The number of thioether (sulfide) groups is 1. The lowest BCUT2D eigenvalue weighted by Gasteiger charge is -2.27. The van der Waals surface area contributed by atoms with E-state index < -0.39 is 24.0 Å². The van der Waals surface area contributed by atoms with Crippen LogP contribution in [0.4, 0.5) is 4.79 Å². The number of nitrogens with one attached hydrogen (secondary N) is 1. The number of aliphatic carboxylic acids is 1. The second-order valence-electron chi connectivity index (χ2n) is 9.19. The maximum atomic E-state index is 13.1. The van der Waals surface area contributed by atoms with Gasteiger partial charge in [-0.1, -0.05) is 62.4 Å². The molecule has 2 N–H and O–H groups in total. The van der Waals surface area contributed by atoms with Crippen LogP contribution in [0.2, 0.25) is 0 Å². The van der Waals surface area contributed by atoms with E-state index >= 15 is 0 Å². The first kappa shape index (κ1) is 24.1. The quantitative estimate of drug-likeness (QED) is 0.586. The summed E-state index contributed by atoms with van der Waals surface area (Å²) in [4.78, 5) is 38.6. The van der Waals surface area contributed by atoms with Crippen LogP contribution in [0, 0.1) is 11.8 Å². The van der Waals surface area contributed by atoms with Crippen molar-refractivity contribution in [3.8, 4) is 11.1 Å². The van der Waals surface area contributed by atoms with E-state index in [0.29, 0.717) is 18.1 Å². The standard InChI is InChI=1S/C26H30N2O5S/c1-16(2)11-17(24(29)28-15-34-14-23(28)25(30)31)12-27-26(32)33-13-22-20-9-5-3-7-18(20)19-8-4-6-10-21(19)22/h3-10,16-17,22-23H,11-15H2,1-2H3,(H,27,32)(H,30,31)/t17?,23-/m0/s1. The van der Waals surface area contributed by atoms with Gasteiger partial charge in [-0.05, 0) is 34.6 Å². The zero-order valence-corrected chi connectivity index (χ0v) is 20.2. The minimum atomic E-state index is -0.994. The van der Waals surface area contributed by atoms with E-state index in [1.54, 1.807) is 0 Å². The molecular weight excluding hydrogens is 452 g/mol. The summed E-state index contributed by atoms with van der Waals surface area (Å²) in [7, 11) is 0. The molecule has 2 aromatic rings. The van der Waals surface area contributed by atoms with Gasteiger partial charge in [-0.2, -0.15) is 0 Å². The van der Waals surface area contributed by atoms with Crippen LogP contribution < -0.4 is 5.32 Å². The SMILES string of the molecule is CC(C)CC(CNC(=O)OCC1c2ccccc2-c2ccccc21)C(=O)N1CSC[C@H]1C(=O)O. The Balaban J connectivity index is 1.37. The smallest absolute Gasteiger partial charge is 0.407 e. The van der Waals surface area contributed by atoms with Crippen molar-refractivity contribution in [1.29, 1.82) is 0 Å².